The lowest BCUT2D eigenvalue weighted by Gasteiger charge is -2.03. The largest absolute Gasteiger partial charge is 0.504 e. The SMILES string of the molecule is CCCc1cccc(O)c1O. The van der Waals surface area contributed by atoms with Crippen LogP contribution >= 0.6 is 0 Å². The standard InChI is InChI=1S/C9H12O2/c1-2-4-7-5-3-6-8(10)9(7)11/h3,5-6,10-11H,2,4H2,1H3. The van der Waals surface area contributed by atoms with Crippen molar-refractivity contribution < 1.29 is 10.2 Å². The summed E-state index contributed by atoms with van der Waals surface area (Å²) in [5.41, 5.74) is 0.813. The van der Waals surface area contributed by atoms with Gasteiger partial charge in [0, 0.05) is 0 Å². The normalized spacial score (nSPS) is 9.91. The monoisotopic (exact) mass is 152 g/mol. The van der Waals surface area contributed by atoms with E-state index in [2.05, 4.69) is 0 Å². The number of phenolic OH excluding ortho intramolecular Hbond substituents is 2. The summed E-state index contributed by atoms with van der Waals surface area (Å²) in [5.74, 6) is -0.00898. The fourth-order valence-corrected chi connectivity index (χ4v) is 1.05. The lowest BCUT2D eigenvalue weighted by molar-refractivity contribution is 0.399. The van der Waals surface area contributed by atoms with Gasteiger partial charge in [0.15, 0.2) is 11.5 Å². The summed E-state index contributed by atoms with van der Waals surface area (Å²) < 4.78 is 0. The van der Waals surface area contributed by atoms with Crippen molar-refractivity contribution in [3.05, 3.63) is 23.8 Å². The van der Waals surface area contributed by atoms with E-state index in [9.17, 15) is 5.11 Å². The van der Waals surface area contributed by atoms with Crippen molar-refractivity contribution in [1.82, 2.24) is 0 Å². The van der Waals surface area contributed by atoms with Crippen LogP contribution in [0, 0.1) is 0 Å². The van der Waals surface area contributed by atoms with Gasteiger partial charge in [0.2, 0.25) is 0 Å². The minimum Gasteiger partial charge on any atom is -0.504 e. The van der Waals surface area contributed by atoms with Gasteiger partial charge in [-0.05, 0) is 18.1 Å². The van der Waals surface area contributed by atoms with Gasteiger partial charge in [-0.25, -0.2) is 0 Å². The number of aromatic hydroxyl groups is 2. The Kier molecular flexibility index (Phi) is 2.36. The molecule has 1 aromatic rings. The van der Waals surface area contributed by atoms with Crippen LogP contribution in [0.1, 0.15) is 18.9 Å². The Morgan fingerprint density at radius 3 is 2.64 bits per heavy atom. The van der Waals surface area contributed by atoms with Crippen molar-refractivity contribution >= 4 is 0 Å². The fourth-order valence-electron chi connectivity index (χ4n) is 1.05. The number of benzene rings is 1. The predicted octanol–water partition coefficient (Wildman–Crippen LogP) is 2.05. The van der Waals surface area contributed by atoms with Gasteiger partial charge < -0.3 is 10.2 Å². The maximum Gasteiger partial charge on any atom is 0.160 e. The van der Waals surface area contributed by atoms with Crippen molar-refractivity contribution in [3.63, 3.8) is 0 Å². The van der Waals surface area contributed by atoms with E-state index < -0.39 is 0 Å². The summed E-state index contributed by atoms with van der Waals surface area (Å²) in [6, 6.07) is 5.03. The first-order valence-corrected chi connectivity index (χ1v) is 3.75. The molecule has 0 amide bonds. The van der Waals surface area contributed by atoms with Gasteiger partial charge in [0.25, 0.3) is 0 Å². The van der Waals surface area contributed by atoms with Crippen LogP contribution in [0.2, 0.25) is 0 Å². The minimum atomic E-state index is -0.0315. The summed E-state index contributed by atoms with van der Waals surface area (Å²) in [4.78, 5) is 0. The van der Waals surface area contributed by atoms with E-state index >= 15 is 0 Å². The van der Waals surface area contributed by atoms with Gasteiger partial charge >= 0.3 is 0 Å². The van der Waals surface area contributed by atoms with Crippen LogP contribution in [0.15, 0.2) is 18.2 Å². The van der Waals surface area contributed by atoms with Crippen LogP contribution in [-0.2, 0) is 6.42 Å². The molecule has 0 spiro atoms. The molecule has 0 aromatic heterocycles. The Morgan fingerprint density at radius 1 is 1.27 bits per heavy atom. The molecule has 2 heteroatoms. The zero-order valence-electron chi connectivity index (χ0n) is 6.54. The first kappa shape index (κ1) is 7.92. The number of para-hydroxylation sites is 1. The number of aryl methyl sites for hydroxylation is 1. The molecular formula is C9H12O2. The summed E-state index contributed by atoms with van der Waals surface area (Å²) >= 11 is 0. The van der Waals surface area contributed by atoms with Crippen LogP contribution in [0.25, 0.3) is 0 Å². The highest BCUT2D eigenvalue weighted by Gasteiger charge is 2.02. The second kappa shape index (κ2) is 3.28. The van der Waals surface area contributed by atoms with Crippen LogP contribution in [0.3, 0.4) is 0 Å². The number of hydrogen-bond donors (Lipinski definition) is 2. The highest BCUT2D eigenvalue weighted by molar-refractivity contribution is 5.44. The minimum absolute atomic E-state index is 0.0225. The van der Waals surface area contributed by atoms with E-state index in [1.807, 2.05) is 13.0 Å². The maximum atomic E-state index is 9.28. The van der Waals surface area contributed by atoms with Crippen molar-refractivity contribution in [3.8, 4) is 11.5 Å². The molecule has 2 nitrogen and oxygen atoms in total. The van der Waals surface area contributed by atoms with Gasteiger partial charge in [0.05, 0.1) is 0 Å². The maximum absolute atomic E-state index is 9.28. The lowest BCUT2D eigenvalue weighted by Crippen LogP contribution is -1.83. The lowest BCUT2D eigenvalue weighted by atomic mass is 10.1. The highest BCUT2D eigenvalue weighted by atomic mass is 16.3. The van der Waals surface area contributed by atoms with Crippen LogP contribution in [-0.4, -0.2) is 10.2 Å². The van der Waals surface area contributed by atoms with E-state index in [-0.39, 0.29) is 11.5 Å². The molecule has 0 saturated heterocycles. The van der Waals surface area contributed by atoms with Crippen LogP contribution in [0.5, 0.6) is 11.5 Å². The average molecular weight is 152 g/mol. The zero-order valence-corrected chi connectivity index (χ0v) is 6.54. The second-order valence-electron chi connectivity index (χ2n) is 2.53. The quantitative estimate of drug-likeness (QED) is 0.637. The van der Waals surface area contributed by atoms with Crippen molar-refractivity contribution in [2.75, 3.05) is 0 Å². The van der Waals surface area contributed by atoms with E-state index in [1.165, 1.54) is 6.07 Å². The third-order valence-corrected chi connectivity index (χ3v) is 1.62. The Bertz CT molecular complexity index is 243. The molecule has 2 N–H and O–H groups in total. The molecular weight excluding hydrogens is 140 g/mol. The highest BCUT2D eigenvalue weighted by Crippen LogP contribution is 2.28. The molecule has 0 unspecified atom stereocenters. The average Bonchev–Trinajstić information content (AvgIpc) is 1.99. The molecule has 0 heterocycles. The topological polar surface area (TPSA) is 40.5 Å². The van der Waals surface area contributed by atoms with Gasteiger partial charge in [-0.1, -0.05) is 25.5 Å². The molecule has 60 valence electrons. The van der Waals surface area contributed by atoms with Gasteiger partial charge in [-0.2, -0.15) is 0 Å². The number of rotatable bonds is 2. The molecule has 0 radical (unpaired) electrons. The molecule has 0 aliphatic rings. The summed E-state index contributed by atoms with van der Waals surface area (Å²) in [5, 5.41) is 18.4. The zero-order chi connectivity index (χ0) is 8.27. The number of phenols is 2. The van der Waals surface area contributed by atoms with Crippen molar-refractivity contribution in [2.45, 2.75) is 19.8 Å². The Labute approximate surface area is 66.1 Å². The van der Waals surface area contributed by atoms with Crippen LogP contribution < -0.4 is 0 Å². The summed E-state index contributed by atoms with van der Waals surface area (Å²) in [6.45, 7) is 2.03. The van der Waals surface area contributed by atoms with E-state index in [1.54, 1.807) is 6.07 Å². The van der Waals surface area contributed by atoms with Crippen LogP contribution in [0.4, 0.5) is 0 Å². The molecule has 0 atom stereocenters. The Balaban J connectivity index is 2.96. The second-order valence-corrected chi connectivity index (χ2v) is 2.53. The summed E-state index contributed by atoms with van der Waals surface area (Å²) in [7, 11) is 0. The summed E-state index contributed by atoms with van der Waals surface area (Å²) in [6.07, 6.45) is 1.78. The third-order valence-electron chi connectivity index (χ3n) is 1.62. The predicted molar refractivity (Wildman–Crippen MR) is 43.8 cm³/mol. The van der Waals surface area contributed by atoms with Gasteiger partial charge in [-0.15, -0.1) is 0 Å². The third kappa shape index (κ3) is 1.64. The van der Waals surface area contributed by atoms with E-state index in [0.29, 0.717) is 0 Å². The smallest absolute Gasteiger partial charge is 0.160 e. The molecule has 0 saturated carbocycles. The molecule has 0 aliphatic heterocycles. The van der Waals surface area contributed by atoms with E-state index in [0.717, 1.165) is 18.4 Å². The van der Waals surface area contributed by atoms with Crippen molar-refractivity contribution in [1.29, 1.82) is 0 Å². The van der Waals surface area contributed by atoms with Gasteiger partial charge in [-0.3, -0.25) is 0 Å². The Morgan fingerprint density at radius 2 is 2.00 bits per heavy atom. The van der Waals surface area contributed by atoms with Gasteiger partial charge in [0.1, 0.15) is 0 Å². The van der Waals surface area contributed by atoms with E-state index in [4.69, 9.17) is 5.11 Å². The molecule has 1 aromatic carbocycles. The fraction of sp³-hybridized carbons (Fsp3) is 0.333. The Hall–Kier alpha value is -1.18. The molecule has 11 heavy (non-hydrogen) atoms. The molecule has 0 bridgehead atoms. The first-order valence-electron chi connectivity index (χ1n) is 3.75. The molecule has 1 rings (SSSR count). The number of hydrogen-bond acceptors (Lipinski definition) is 2. The molecule has 0 fully saturated rings. The molecule has 0 aliphatic carbocycles. The van der Waals surface area contributed by atoms with Crippen molar-refractivity contribution in [2.24, 2.45) is 0 Å². The first-order chi connectivity index (χ1) is 5.25.